The number of pyridine rings is 1. The number of aromatic amines is 1. The summed E-state index contributed by atoms with van der Waals surface area (Å²) in [6.07, 6.45) is 3.36. The van der Waals surface area contributed by atoms with Gasteiger partial charge in [-0.1, -0.05) is 0 Å². The van der Waals surface area contributed by atoms with Crippen LogP contribution in [0.25, 0.3) is 22.4 Å². The topological polar surface area (TPSA) is 67.6 Å². The van der Waals surface area contributed by atoms with E-state index in [0.717, 1.165) is 22.4 Å². The van der Waals surface area contributed by atoms with Crippen molar-refractivity contribution in [3.05, 3.63) is 41.7 Å². The monoisotopic (exact) mass is 238 g/mol. The Morgan fingerprint density at radius 3 is 2.72 bits per heavy atom. The second-order valence-electron chi connectivity index (χ2n) is 4.50. The molecule has 1 aromatic carbocycles. The highest BCUT2D eigenvalue weighted by Gasteiger charge is 2.09. The predicted octanol–water partition coefficient (Wildman–Crippen LogP) is 2.82. The van der Waals surface area contributed by atoms with Crippen molar-refractivity contribution >= 4 is 16.7 Å². The number of nitrogen functional groups attached to an aromatic ring is 1. The van der Waals surface area contributed by atoms with Crippen molar-refractivity contribution in [2.24, 2.45) is 0 Å². The average molecular weight is 238 g/mol. The number of anilines is 1. The Hall–Kier alpha value is -2.36. The summed E-state index contributed by atoms with van der Waals surface area (Å²) in [5.74, 6) is 0.787. The normalized spacial score (nSPS) is 11.0. The Morgan fingerprint density at radius 1 is 1.17 bits per heavy atom. The zero-order valence-electron chi connectivity index (χ0n) is 10.4. The molecule has 0 spiro atoms. The van der Waals surface area contributed by atoms with Crippen LogP contribution in [0, 0.1) is 13.8 Å². The van der Waals surface area contributed by atoms with Crippen molar-refractivity contribution in [1.82, 2.24) is 15.0 Å². The number of nitrogens with zero attached hydrogens (tertiary/aromatic N) is 2. The Bertz CT molecular complexity index is 689. The molecule has 0 aliphatic heterocycles. The zero-order valence-corrected chi connectivity index (χ0v) is 10.4. The summed E-state index contributed by atoms with van der Waals surface area (Å²) in [6, 6.07) is 6.06. The highest BCUT2D eigenvalue weighted by Crippen LogP contribution is 2.25. The van der Waals surface area contributed by atoms with Gasteiger partial charge >= 0.3 is 0 Å². The molecule has 3 rings (SSSR count). The molecule has 0 fully saturated rings. The van der Waals surface area contributed by atoms with Crippen LogP contribution in [-0.2, 0) is 0 Å². The van der Waals surface area contributed by atoms with Crippen molar-refractivity contribution < 1.29 is 0 Å². The van der Waals surface area contributed by atoms with Crippen LogP contribution in [0.4, 0.5) is 5.69 Å². The summed E-state index contributed by atoms with van der Waals surface area (Å²) in [7, 11) is 0. The van der Waals surface area contributed by atoms with Crippen LogP contribution in [0.3, 0.4) is 0 Å². The number of nitrogens with one attached hydrogen (secondary N) is 1. The van der Waals surface area contributed by atoms with Crippen LogP contribution in [0.15, 0.2) is 30.6 Å². The summed E-state index contributed by atoms with van der Waals surface area (Å²) in [5, 5.41) is 0. The quantitative estimate of drug-likeness (QED) is 0.685. The SMILES string of the molecule is Cc1cc2nc(-c3ccncc3N)[nH]c2cc1C. The predicted molar refractivity (Wildman–Crippen MR) is 73.2 cm³/mol. The molecule has 0 radical (unpaired) electrons. The number of aromatic nitrogens is 3. The molecule has 4 nitrogen and oxygen atoms in total. The summed E-state index contributed by atoms with van der Waals surface area (Å²) in [6.45, 7) is 4.18. The minimum atomic E-state index is 0.630. The fraction of sp³-hybridized carbons (Fsp3) is 0.143. The number of fused-ring (bicyclic) bond motifs is 1. The fourth-order valence-electron chi connectivity index (χ4n) is 2.02. The molecule has 2 aromatic heterocycles. The van der Waals surface area contributed by atoms with E-state index in [2.05, 4.69) is 40.9 Å². The molecule has 2 heterocycles. The van der Waals surface area contributed by atoms with Gasteiger partial charge in [0.25, 0.3) is 0 Å². The van der Waals surface area contributed by atoms with Gasteiger partial charge in [0, 0.05) is 11.8 Å². The average Bonchev–Trinajstić information content (AvgIpc) is 2.73. The standard InChI is InChI=1S/C14H14N4/c1-8-5-12-13(6-9(8)2)18-14(17-12)10-3-4-16-7-11(10)15/h3-7H,15H2,1-2H3,(H,17,18). The molecule has 0 unspecified atom stereocenters. The number of benzene rings is 1. The van der Waals surface area contributed by atoms with Crippen LogP contribution in [0.2, 0.25) is 0 Å². The number of nitrogens with two attached hydrogens (primary N) is 1. The smallest absolute Gasteiger partial charge is 0.140 e. The van der Waals surface area contributed by atoms with Gasteiger partial charge in [-0.25, -0.2) is 4.98 Å². The van der Waals surface area contributed by atoms with Crippen molar-refractivity contribution in [3.8, 4) is 11.4 Å². The summed E-state index contributed by atoms with van der Waals surface area (Å²) in [4.78, 5) is 11.9. The number of rotatable bonds is 1. The molecule has 0 saturated carbocycles. The summed E-state index contributed by atoms with van der Waals surface area (Å²) >= 11 is 0. The zero-order chi connectivity index (χ0) is 12.7. The second-order valence-corrected chi connectivity index (χ2v) is 4.50. The lowest BCUT2D eigenvalue weighted by atomic mass is 10.1. The minimum Gasteiger partial charge on any atom is -0.397 e. The van der Waals surface area contributed by atoms with Crippen LogP contribution in [0.1, 0.15) is 11.1 Å². The van der Waals surface area contributed by atoms with Crippen molar-refractivity contribution in [2.45, 2.75) is 13.8 Å². The van der Waals surface area contributed by atoms with Gasteiger partial charge in [-0.2, -0.15) is 0 Å². The molecule has 3 aromatic rings. The maximum atomic E-state index is 5.91. The van der Waals surface area contributed by atoms with E-state index in [1.807, 2.05) is 6.07 Å². The Kier molecular flexibility index (Phi) is 2.30. The Balaban J connectivity index is 2.23. The number of hydrogen-bond acceptors (Lipinski definition) is 3. The van der Waals surface area contributed by atoms with E-state index in [-0.39, 0.29) is 0 Å². The van der Waals surface area contributed by atoms with Gasteiger partial charge in [0.15, 0.2) is 0 Å². The van der Waals surface area contributed by atoms with E-state index < -0.39 is 0 Å². The first-order valence-corrected chi connectivity index (χ1v) is 5.82. The molecule has 18 heavy (non-hydrogen) atoms. The third-order valence-corrected chi connectivity index (χ3v) is 3.20. The van der Waals surface area contributed by atoms with Crippen molar-refractivity contribution in [1.29, 1.82) is 0 Å². The molecular weight excluding hydrogens is 224 g/mol. The lowest BCUT2D eigenvalue weighted by Gasteiger charge is -1.99. The number of imidazole rings is 1. The van der Waals surface area contributed by atoms with Gasteiger partial charge in [0.1, 0.15) is 5.82 Å². The van der Waals surface area contributed by atoms with Gasteiger partial charge in [-0.3, -0.25) is 4.98 Å². The van der Waals surface area contributed by atoms with E-state index in [4.69, 9.17) is 5.73 Å². The lowest BCUT2D eigenvalue weighted by molar-refractivity contribution is 1.29. The van der Waals surface area contributed by atoms with Gasteiger partial charge in [0.05, 0.1) is 22.9 Å². The molecule has 90 valence electrons. The largest absolute Gasteiger partial charge is 0.397 e. The first-order valence-electron chi connectivity index (χ1n) is 5.82. The number of aryl methyl sites for hydroxylation is 2. The molecule has 0 amide bonds. The molecular formula is C14H14N4. The number of hydrogen-bond donors (Lipinski definition) is 2. The first-order chi connectivity index (χ1) is 8.65. The molecule has 3 N–H and O–H groups in total. The van der Waals surface area contributed by atoms with E-state index in [1.165, 1.54) is 11.1 Å². The molecule has 0 saturated heterocycles. The molecule has 0 aliphatic carbocycles. The Labute approximate surface area is 105 Å². The van der Waals surface area contributed by atoms with Crippen molar-refractivity contribution in [2.75, 3.05) is 5.73 Å². The molecule has 0 atom stereocenters. The summed E-state index contributed by atoms with van der Waals surface area (Å²) in [5.41, 5.74) is 11.9. The third-order valence-electron chi connectivity index (χ3n) is 3.20. The van der Waals surface area contributed by atoms with Crippen molar-refractivity contribution in [3.63, 3.8) is 0 Å². The molecule has 0 bridgehead atoms. The van der Waals surface area contributed by atoms with Crippen LogP contribution in [-0.4, -0.2) is 15.0 Å². The van der Waals surface area contributed by atoms with E-state index in [9.17, 15) is 0 Å². The second kappa shape index (κ2) is 3.84. The highest BCUT2D eigenvalue weighted by atomic mass is 14.9. The first kappa shape index (κ1) is 10.8. The molecule has 4 heteroatoms. The van der Waals surface area contributed by atoms with Crippen LogP contribution < -0.4 is 5.73 Å². The van der Waals surface area contributed by atoms with E-state index in [0.29, 0.717) is 5.69 Å². The Morgan fingerprint density at radius 2 is 1.94 bits per heavy atom. The summed E-state index contributed by atoms with van der Waals surface area (Å²) < 4.78 is 0. The minimum absolute atomic E-state index is 0.630. The van der Waals surface area contributed by atoms with E-state index in [1.54, 1.807) is 12.4 Å². The van der Waals surface area contributed by atoms with E-state index >= 15 is 0 Å². The maximum absolute atomic E-state index is 5.91. The van der Waals surface area contributed by atoms with Gasteiger partial charge in [-0.05, 0) is 43.2 Å². The van der Waals surface area contributed by atoms with Crippen LogP contribution >= 0.6 is 0 Å². The molecule has 0 aliphatic rings. The highest BCUT2D eigenvalue weighted by molar-refractivity contribution is 5.83. The fourth-order valence-corrected chi connectivity index (χ4v) is 2.02. The third kappa shape index (κ3) is 1.62. The lowest BCUT2D eigenvalue weighted by Crippen LogP contribution is -1.91. The number of H-pyrrole nitrogens is 1. The van der Waals surface area contributed by atoms with Crippen LogP contribution in [0.5, 0.6) is 0 Å². The van der Waals surface area contributed by atoms with Gasteiger partial charge < -0.3 is 10.7 Å². The maximum Gasteiger partial charge on any atom is 0.140 e. The van der Waals surface area contributed by atoms with Gasteiger partial charge in [0.2, 0.25) is 0 Å². The van der Waals surface area contributed by atoms with Gasteiger partial charge in [-0.15, -0.1) is 0 Å².